The molecule has 0 aromatic carbocycles. The normalized spacial score (nSPS) is 19.5. The van der Waals surface area contributed by atoms with Crippen molar-refractivity contribution in [2.45, 2.75) is 45.5 Å². The van der Waals surface area contributed by atoms with Crippen LogP contribution in [0.3, 0.4) is 0 Å². The molecule has 2 heterocycles. The van der Waals surface area contributed by atoms with Gasteiger partial charge >= 0.3 is 0 Å². The minimum atomic E-state index is -0.0985. The van der Waals surface area contributed by atoms with Crippen molar-refractivity contribution in [1.82, 2.24) is 15.5 Å². The van der Waals surface area contributed by atoms with Crippen LogP contribution in [-0.2, 0) is 16.1 Å². The second-order valence-electron chi connectivity index (χ2n) is 4.74. The quantitative estimate of drug-likeness (QED) is 0.795. The third-order valence-electron chi connectivity index (χ3n) is 3.05. The summed E-state index contributed by atoms with van der Waals surface area (Å²) in [5.74, 6) is 1.12. The summed E-state index contributed by atoms with van der Waals surface area (Å²) in [5, 5.41) is 7.12. The predicted molar refractivity (Wildman–Crippen MR) is 65.0 cm³/mol. The largest absolute Gasteiger partial charge is 0.370 e. The van der Waals surface area contributed by atoms with Gasteiger partial charge in [-0.15, -0.1) is 0 Å². The van der Waals surface area contributed by atoms with E-state index >= 15 is 0 Å². The summed E-state index contributed by atoms with van der Waals surface area (Å²) in [7, 11) is 0. The number of nitrogens with one attached hydrogen (secondary N) is 1. The molecule has 1 aromatic rings. The molecular formula is C12H21N3O3. The topological polar surface area (TPSA) is 69.4 Å². The van der Waals surface area contributed by atoms with E-state index in [4.69, 9.17) is 14.0 Å². The number of rotatable bonds is 7. The van der Waals surface area contributed by atoms with Crippen LogP contribution < -0.4 is 5.32 Å². The lowest BCUT2D eigenvalue weighted by Gasteiger charge is -2.38. The van der Waals surface area contributed by atoms with Crippen LogP contribution in [0.5, 0.6) is 0 Å². The van der Waals surface area contributed by atoms with Gasteiger partial charge in [-0.3, -0.25) is 0 Å². The van der Waals surface area contributed by atoms with E-state index in [0.29, 0.717) is 24.9 Å². The summed E-state index contributed by atoms with van der Waals surface area (Å²) >= 11 is 0. The summed E-state index contributed by atoms with van der Waals surface area (Å²) in [4.78, 5) is 4.31. The monoisotopic (exact) mass is 255 g/mol. The van der Waals surface area contributed by atoms with Crippen LogP contribution in [0.2, 0.25) is 0 Å². The maximum atomic E-state index is 5.74. The van der Waals surface area contributed by atoms with E-state index in [9.17, 15) is 0 Å². The third kappa shape index (κ3) is 3.07. The highest BCUT2D eigenvalue weighted by molar-refractivity contribution is 4.93. The third-order valence-corrected chi connectivity index (χ3v) is 3.05. The van der Waals surface area contributed by atoms with Gasteiger partial charge in [0.15, 0.2) is 0 Å². The lowest BCUT2D eigenvalue weighted by atomic mass is 10.0. The minimum absolute atomic E-state index is 0.0894. The Morgan fingerprint density at radius 2 is 2.22 bits per heavy atom. The van der Waals surface area contributed by atoms with Crippen LogP contribution in [0.15, 0.2) is 4.52 Å². The van der Waals surface area contributed by atoms with Crippen molar-refractivity contribution in [2.75, 3.05) is 19.7 Å². The van der Waals surface area contributed by atoms with Gasteiger partial charge in [-0.1, -0.05) is 12.1 Å². The minimum Gasteiger partial charge on any atom is -0.370 e. The van der Waals surface area contributed by atoms with Crippen LogP contribution in [-0.4, -0.2) is 35.4 Å². The van der Waals surface area contributed by atoms with Crippen molar-refractivity contribution in [3.63, 3.8) is 0 Å². The van der Waals surface area contributed by atoms with Crippen LogP contribution in [0, 0.1) is 0 Å². The molecule has 1 fully saturated rings. The van der Waals surface area contributed by atoms with Crippen molar-refractivity contribution in [1.29, 1.82) is 0 Å². The molecule has 0 saturated carbocycles. The molecule has 2 rings (SSSR count). The predicted octanol–water partition coefficient (Wildman–Crippen LogP) is 1.44. The molecule has 6 nitrogen and oxygen atoms in total. The molecule has 18 heavy (non-hydrogen) atoms. The Kier molecular flexibility index (Phi) is 4.31. The fourth-order valence-electron chi connectivity index (χ4n) is 1.85. The van der Waals surface area contributed by atoms with E-state index in [-0.39, 0.29) is 11.7 Å². The second-order valence-corrected chi connectivity index (χ2v) is 4.74. The Morgan fingerprint density at radius 3 is 2.78 bits per heavy atom. The first-order valence-corrected chi connectivity index (χ1v) is 6.45. The molecule has 1 atom stereocenters. The van der Waals surface area contributed by atoms with Gasteiger partial charge in [-0.05, 0) is 20.3 Å². The summed E-state index contributed by atoms with van der Waals surface area (Å²) in [5.41, 5.74) is -0.0985. The maximum Gasteiger partial charge on any atom is 0.252 e. The van der Waals surface area contributed by atoms with Crippen molar-refractivity contribution in [3.05, 3.63) is 11.7 Å². The Hall–Kier alpha value is -0.980. The molecule has 0 aliphatic carbocycles. The first-order valence-electron chi connectivity index (χ1n) is 6.45. The zero-order valence-electron chi connectivity index (χ0n) is 11.2. The molecule has 1 N–H and O–H groups in total. The number of hydrogen-bond donors (Lipinski definition) is 1. The Balaban J connectivity index is 1.88. The summed E-state index contributed by atoms with van der Waals surface area (Å²) < 4.78 is 16.4. The first kappa shape index (κ1) is 13.5. The van der Waals surface area contributed by atoms with Crippen LogP contribution in [0.25, 0.3) is 0 Å². The fraction of sp³-hybridized carbons (Fsp3) is 0.833. The van der Waals surface area contributed by atoms with Gasteiger partial charge in [0.05, 0.1) is 5.60 Å². The first-order chi connectivity index (χ1) is 8.67. The average Bonchev–Trinajstić information content (AvgIpc) is 2.79. The molecule has 0 spiro atoms. The van der Waals surface area contributed by atoms with Crippen molar-refractivity contribution in [2.24, 2.45) is 0 Å². The molecule has 1 aliphatic rings. The molecule has 1 unspecified atom stereocenters. The van der Waals surface area contributed by atoms with Crippen LogP contribution >= 0.6 is 0 Å². The molecule has 102 valence electrons. The molecule has 0 radical (unpaired) electrons. The summed E-state index contributed by atoms with van der Waals surface area (Å²) in [6.45, 7) is 8.78. The highest BCUT2D eigenvalue weighted by atomic mass is 16.5. The lowest BCUT2D eigenvalue weighted by molar-refractivity contribution is -0.0841. The van der Waals surface area contributed by atoms with E-state index in [1.54, 1.807) is 0 Å². The van der Waals surface area contributed by atoms with E-state index in [1.165, 1.54) is 0 Å². The number of ether oxygens (including phenoxy) is 2. The Labute approximate surface area is 107 Å². The second kappa shape index (κ2) is 5.77. The number of hydrogen-bond acceptors (Lipinski definition) is 6. The average molecular weight is 255 g/mol. The molecule has 1 aromatic heterocycles. The van der Waals surface area contributed by atoms with Gasteiger partial charge in [-0.25, -0.2) is 0 Å². The fourth-order valence-corrected chi connectivity index (χ4v) is 1.85. The molecule has 0 amide bonds. The highest BCUT2D eigenvalue weighted by Crippen LogP contribution is 2.20. The molecule has 6 heteroatoms. The molecule has 1 aliphatic heterocycles. The van der Waals surface area contributed by atoms with Gasteiger partial charge in [0.1, 0.15) is 12.7 Å². The smallest absolute Gasteiger partial charge is 0.252 e. The molecule has 1 saturated heterocycles. The van der Waals surface area contributed by atoms with E-state index in [2.05, 4.69) is 22.4 Å². The zero-order valence-corrected chi connectivity index (χ0v) is 11.2. The van der Waals surface area contributed by atoms with E-state index in [0.717, 1.165) is 19.5 Å². The van der Waals surface area contributed by atoms with Gasteiger partial charge < -0.3 is 19.3 Å². The molecule has 0 bridgehead atoms. The highest BCUT2D eigenvalue weighted by Gasteiger charge is 2.33. The van der Waals surface area contributed by atoms with Gasteiger partial charge in [0.2, 0.25) is 5.82 Å². The van der Waals surface area contributed by atoms with E-state index in [1.807, 2.05) is 13.8 Å². The van der Waals surface area contributed by atoms with Gasteiger partial charge in [-0.2, -0.15) is 4.98 Å². The van der Waals surface area contributed by atoms with Crippen molar-refractivity contribution in [3.8, 4) is 0 Å². The van der Waals surface area contributed by atoms with Gasteiger partial charge in [0, 0.05) is 19.7 Å². The van der Waals surface area contributed by atoms with Crippen molar-refractivity contribution >= 4 is 0 Å². The number of nitrogens with zero attached hydrogens (tertiary/aromatic N) is 2. The van der Waals surface area contributed by atoms with Gasteiger partial charge in [0.25, 0.3) is 5.89 Å². The Bertz CT molecular complexity index is 376. The van der Waals surface area contributed by atoms with Crippen molar-refractivity contribution < 1.29 is 14.0 Å². The SMILES string of the molecule is CCOC(CC)c1noc(COC2(C)CNC2)n1. The molecular weight excluding hydrogens is 234 g/mol. The lowest BCUT2D eigenvalue weighted by Crippen LogP contribution is -2.58. The number of aromatic nitrogens is 2. The van der Waals surface area contributed by atoms with Crippen LogP contribution in [0.1, 0.15) is 45.0 Å². The van der Waals surface area contributed by atoms with E-state index < -0.39 is 0 Å². The Morgan fingerprint density at radius 1 is 1.44 bits per heavy atom. The summed E-state index contributed by atoms with van der Waals surface area (Å²) in [6.07, 6.45) is 0.739. The zero-order chi connectivity index (χ0) is 13.0. The maximum absolute atomic E-state index is 5.74. The van der Waals surface area contributed by atoms with Crippen LogP contribution in [0.4, 0.5) is 0 Å². The standard InChI is InChI=1S/C12H21N3O3/c1-4-9(16-5-2)11-14-10(18-15-11)6-17-12(3)7-13-8-12/h9,13H,4-8H2,1-3H3. The summed E-state index contributed by atoms with van der Waals surface area (Å²) in [6, 6.07) is 0.